The van der Waals surface area contributed by atoms with Gasteiger partial charge in [0, 0.05) is 37.9 Å². The Bertz CT molecular complexity index is 375. The topological polar surface area (TPSA) is 59.0 Å². The molecule has 0 bridgehead atoms. The molecule has 1 heterocycles. The molecule has 1 amide bonds. The molecule has 5 heteroatoms. The summed E-state index contributed by atoms with van der Waals surface area (Å²) in [5, 5.41) is 5.99. The first-order chi connectivity index (χ1) is 8.54. The Morgan fingerprint density at radius 1 is 1.44 bits per heavy atom. The highest BCUT2D eigenvalue weighted by atomic mass is 16.1. The van der Waals surface area contributed by atoms with Crippen LogP contribution in [0, 0.1) is 18.8 Å². The van der Waals surface area contributed by atoms with E-state index in [4.69, 9.17) is 0 Å². The van der Waals surface area contributed by atoms with E-state index in [1.165, 1.54) is 0 Å². The van der Waals surface area contributed by atoms with Crippen molar-refractivity contribution in [2.24, 2.45) is 11.8 Å². The van der Waals surface area contributed by atoms with Crippen molar-refractivity contribution in [3.05, 3.63) is 18.2 Å². The second kappa shape index (κ2) is 7.16. The van der Waals surface area contributed by atoms with E-state index in [-0.39, 0.29) is 11.8 Å². The Morgan fingerprint density at radius 2 is 2.17 bits per heavy atom. The molecule has 0 aliphatic rings. The molecule has 102 valence electrons. The van der Waals surface area contributed by atoms with Crippen LogP contribution in [-0.4, -0.2) is 35.6 Å². The number of imidazole rings is 1. The molecule has 0 fully saturated rings. The van der Waals surface area contributed by atoms with Crippen molar-refractivity contribution >= 4 is 5.91 Å². The molecule has 0 aromatic carbocycles. The maximum atomic E-state index is 11.7. The number of carbonyl (C=O) groups is 1. The summed E-state index contributed by atoms with van der Waals surface area (Å²) >= 11 is 0. The molecule has 2 N–H and O–H groups in total. The summed E-state index contributed by atoms with van der Waals surface area (Å²) in [6, 6.07) is 0. The number of hydrogen-bond donors (Lipinski definition) is 2. The molecular weight excluding hydrogens is 228 g/mol. The van der Waals surface area contributed by atoms with Crippen LogP contribution in [0.2, 0.25) is 0 Å². The first kappa shape index (κ1) is 14.7. The molecule has 0 aliphatic heterocycles. The molecule has 0 aliphatic carbocycles. The summed E-state index contributed by atoms with van der Waals surface area (Å²) in [6.45, 7) is 8.33. The molecular formula is C13H24N4O. The van der Waals surface area contributed by atoms with Gasteiger partial charge in [-0.3, -0.25) is 4.79 Å². The fourth-order valence-electron chi connectivity index (χ4n) is 1.84. The van der Waals surface area contributed by atoms with Gasteiger partial charge in [0.1, 0.15) is 5.82 Å². The molecule has 2 atom stereocenters. The van der Waals surface area contributed by atoms with Gasteiger partial charge >= 0.3 is 0 Å². The molecule has 0 spiro atoms. The Labute approximate surface area is 109 Å². The van der Waals surface area contributed by atoms with E-state index in [0.717, 1.165) is 12.4 Å². The van der Waals surface area contributed by atoms with Crippen molar-refractivity contribution in [3.63, 3.8) is 0 Å². The quantitative estimate of drug-likeness (QED) is 0.754. The van der Waals surface area contributed by atoms with E-state index >= 15 is 0 Å². The van der Waals surface area contributed by atoms with Crippen molar-refractivity contribution < 1.29 is 4.79 Å². The highest BCUT2D eigenvalue weighted by Crippen LogP contribution is 2.03. The predicted octanol–water partition coefficient (Wildman–Crippen LogP) is 0.799. The Hall–Kier alpha value is -1.36. The first-order valence-electron chi connectivity index (χ1n) is 6.44. The van der Waals surface area contributed by atoms with Crippen LogP contribution in [0.25, 0.3) is 0 Å². The van der Waals surface area contributed by atoms with Crippen LogP contribution in [-0.2, 0) is 11.3 Å². The summed E-state index contributed by atoms with van der Waals surface area (Å²) in [5.74, 6) is 1.52. The number of nitrogens with zero attached hydrogens (tertiary/aromatic N) is 2. The molecule has 18 heavy (non-hydrogen) atoms. The lowest BCUT2D eigenvalue weighted by atomic mass is 10.1. The fraction of sp³-hybridized carbons (Fsp3) is 0.692. The van der Waals surface area contributed by atoms with Crippen LogP contribution in [0.5, 0.6) is 0 Å². The van der Waals surface area contributed by atoms with Crippen molar-refractivity contribution in [1.82, 2.24) is 20.2 Å². The summed E-state index contributed by atoms with van der Waals surface area (Å²) < 4.78 is 2.11. The third kappa shape index (κ3) is 4.49. The van der Waals surface area contributed by atoms with E-state index in [9.17, 15) is 4.79 Å². The fourth-order valence-corrected chi connectivity index (χ4v) is 1.84. The lowest BCUT2D eigenvalue weighted by Gasteiger charge is -2.16. The van der Waals surface area contributed by atoms with Gasteiger partial charge < -0.3 is 15.2 Å². The monoisotopic (exact) mass is 252 g/mol. The minimum Gasteiger partial charge on any atom is -0.355 e. The summed E-state index contributed by atoms with van der Waals surface area (Å²) in [7, 11) is 1.86. The minimum absolute atomic E-state index is 0.0113. The van der Waals surface area contributed by atoms with Crippen molar-refractivity contribution in [2.75, 3.05) is 20.1 Å². The van der Waals surface area contributed by atoms with E-state index in [1.54, 1.807) is 6.20 Å². The predicted molar refractivity (Wildman–Crippen MR) is 72.2 cm³/mol. The van der Waals surface area contributed by atoms with Gasteiger partial charge in [-0.15, -0.1) is 0 Å². The molecule has 0 saturated carbocycles. The van der Waals surface area contributed by atoms with Crippen LogP contribution in [0.4, 0.5) is 0 Å². The zero-order valence-electron chi connectivity index (χ0n) is 11.7. The van der Waals surface area contributed by atoms with Crippen molar-refractivity contribution in [1.29, 1.82) is 0 Å². The van der Waals surface area contributed by atoms with Crippen molar-refractivity contribution in [2.45, 2.75) is 27.3 Å². The molecule has 0 saturated heterocycles. The van der Waals surface area contributed by atoms with Gasteiger partial charge in [-0.1, -0.05) is 13.8 Å². The number of aromatic nitrogens is 2. The number of carbonyl (C=O) groups excluding carboxylic acids is 1. The van der Waals surface area contributed by atoms with Crippen LogP contribution < -0.4 is 10.6 Å². The van der Waals surface area contributed by atoms with E-state index in [2.05, 4.69) is 27.1 Å². The number of nitrogens with one attached hydrogen (secondary N) is 2. The van der Waals surface area contributed by atoms with Crippen LogP contribution >= 0.6 is 0 Å². The molecule has 5 nitrogen and oxygen atoms in total. The van der Waals surface area contributed by atoms with Gasteiger partial charge in [-0.25, -0.2) is 4.98 Å². The smallest absolute Gasteiger partial charge is 0.224 e. The highest BCUT2D eigenvalue weighted by molar-refractivity contribution is 5.78. The van der Waals surface area contributed by atoms with Gasteiger partial charge in [0.2, 0.25) is 5.91 Å². The summed E-state index contributed by atoms with van der Waals surface area (Å²) in [4.78, 5) is 15.9. The van der Waals surface area contributed by atoms with Gasteiger partial charge in [-0.05, 0) is 19.9 Å². The van der Waals surface area contributed by atoms with Gasteiger partial charge in [0.05, 0.1) is 0 Å². The van der Waals surface area contributed by atoms with E-state index in [1.807, 2.05) is 27.1 Å². The molecule has 1 aromatic heterocycles. The van der Waals surface area contributed by atoms with Crippen LogP contribution in [0.3, 0.4) is 0 Å². The highest BCUT2D eigenvalue weighted by Gasteiger charge is 2.13. The second-order valence-electron chi connectivity index (χ2n) is 4.94. The lowest BCUT2D eigenvalue weighted by Crippen LogP contribution is -2.37. The molecule has 1 aromatic rings. The van der Waals surface area contributed by atoms with E-state index in [0.29, 0.717) is 19.0 Å². The maximum Gasteiger partial charge on any atom is 0.224 e. The lowest BCUT2D eigenvalue weighted by molar-refractivity contribution is -0.124. The second-order valence-corrected chi connectivity index (χ2v) is 4.94. The first-order valence-corrected chi connectivity index (χ1v) is 6.44. The van der Waals surface area contributed by atoms with Gasteiger partial charge in [-0.2, -0.15) is 0 Å². The minimum atomic E-state index is 0.0113. The van der Waals surface area contributed by atoms with Crippen molar-refractivity contribution in [3.8, 4) is 0 Å². The third-order valence-electron chi connectivity index (χ3n) is 3.01. The largest absolute Gasteiger partial charge is 0.355 e. The normalized spacial score (nSPS) is 14.2. The Balaban J connectivity index is 2.31. The number of aryl methyl sites for hydroxylation is 1. The van der Waals surface area contributed by atoms with Gasteiger partial charge in [0.25, 0.3) is 0 Å². The Kier molecular flexibility index (Phi) is 5.85. The zero-order valence-corrected chi connectivity index (χ0v) is 11.7. The Morgan fingerprint density at radius 3 is 2.72 bits per heavy atom. The third-order valence-corrected chi connectivity index (χ3v) is 3.01. The van der Waals surface area contributed by atoms with Crippen LogP contribution in [0.1, 0.15) is 19.7 Å². The number of rotatable bonds is 7. The maximum absolute atomic E-state index is 11.7. The molecule has 1 rings (SSSR count). The molecule has 0 radical (unpaired) electrons. The standard InChI is InChI=1S/C13H24N4O/c1-10(9-17-6-5-15-12(17)3)7-16-13(18)11(2)8-14-4/h5-6,10-11,14H,7-9H2,1-4H3,(H,16,18). The average Bonchev–Trinajstić information content (AvgIpc) is 2.72. The van der Waals surface area contributed by atoms with Gasteiger partial charge in [0.15, 0.2) is 0 Å². The summed E-state index contributed by atoms with van der Waals surface area (Å²) in [6.07, 6.45) is 3.77. The molecule has 2 unspecified atom stereocenters. The number of hydrogen-bond acceptors (Lipinski definition) is 3. The summed E-state index contributed by atoms with van der Waals surface area (Å²) in [5.41, 5.74) is 0. The SMILES string of the molecule is CNCC(C)C(=O)NCC(C)Cn1ccnc1C. The van der Waals surface area contributed by atoms with Crippen LogP contribution in [0.15, 0.2) is 12.4 Å². The number of amides is 1. The zero-order chi connectivity index (χ0) is 13.5. The van der Waals surface area contributed by atoms with E-state index < -0.39 is 0 Å². The average molecular weight is 252 g/mol.